The molecule has 1 fully saturated rings. The molecular formula is C16H26N2O2. The maximum absolute atomic E-state index is 12.6. The standard InChI is InChI=1S/C16H26N2O2/c1-2-14-7-8-15(20-14)11-13(12-17)16(19)18-9-5-3-4-6-10-18/h7-8,13H,2-6,9-12,17H2,1H3. The molecule has 1 aromatic rings. The average Bonchev–Trinajstić information content (AvgIpc) is 2.75. The van der Waals surface area contributed by atoms with Crippen molar-refractivity contribution in [1.29, 1.82) is 0 Å². The van der Waals surface area contributed by atoms with E-state index in [0.29, 0.717) is 13.0 Å². The lowest BCUT2D eigenvalue weighted by Crippen LogP contribution is -2.40. The second-order valence-corrected chi connectivity index (χ2v) is 5.60. The number of rotatable bonds is 5. The van der Waals surface area contributed by atoms with Gasteiger partial charge in [0.1, 0.15) is 11.5 Å². The van der Waals surface area contributed by atoms with Gasteiger partial charge in [-0.25, -0.2) is 0 Å². The Balaban J connectivity index is 1.97. The lowest BCUT2D eigenvalue weighted by molar-refractivity contribution is -0.135. The minimum absolute atomic E-state index is 0.149. The molecule has 4 nitrogen and oxygen atoms in total. The molecule has 112 valence electrons. The number of amides is 1. The van der Waals surface area contributed by atoms with Crippen molar-refractivity contribution in [1.82, 2.24) is 4.90 Å². The SMILES string of the molecule is CCc1ccc(CC(CN)C(=O)N2CCCCCC2)o1. The zero-order valence-corrected chi connectivity index (χ0v) is 12.4. The van der Waals surface area contributed by atoms with Crippen LogP contribution in [0.25, 0.3) is 0 Å². The molecule has 20 heavy (non-hydrogen) atoms. The van der Waals surface area contributed by atoms with Gasteiger partial charge in [0.25, 0.3) is 0 Å². The fourth-order valence-corrected chi connectivity index (χ4v) is 2.79. The zero-order chi connectivity index (χ0) is 14.4. The number of hydrogen-bond acceptors (Lipinski definition) is 3. The summed E-state index contributed by atoms with van der Waals surface area (Å²) in [5, 5.41) is 0. The van der Waals surface area contributed by atoms with Gasteiger partial charge >= 0.3 is 0 Å². The molecule has 0 spiro atoms. The predicted molar refractivity (Wildman–Crippen MR) is 79.4 cm³/mol. The molecular weight excluding hydrogens is 252 g/mol. The Labute approximate surface area is 121 Å². The van der Waals surface area contributed by atoms with Crippen molar-refractivity contribution in [3.8, 4) is 0 Å². The summed E-state index contributed by atoms with van der Waals surface area (Å²) in [5.74, 6) is 1.89. The number of furan rings is 1. The van der Waals surface area contributed by atoms with Gasteiger partial charge < -0.3 is 15.1 Å². The molecule has 2 heterocycles. The van der Waals surface area contributed by atoms with Crippen LogP contribution in [0.5, 0.6) is 0 Å². The Morgan fingerprint density at radius 1 is 1.25 bits per heavy atom. The van der Waals surface area contributed by atoms with Gasteiger partial charge in [0.2, 0.25) is 5.91 Å². The number of carbonyl (C=O) groups is 1. The van der Waals surface area contributed by atoms with Crippen LogP contribution >= 0.6 is 0 Å². The van der Waals surface area contributed by atoms with Crippen LogP contribution in [0.3, 0.4) is 0 Å². The smallest absolute Gasteiger partial charge is 0.227 e. The molecule has 2 rings (SSSR count). The molecule has 4 heteroatoms. The van der Waals surface area contributed by atoms with E-state index in [1.54, 1.807) is 0 Å². The van der Waals surface area contributed by atoms with E-state index in [1.165, 1.54) is 12.8 Å². The Morgan fingerprint density at radius 2 is 1.90 bits per heavy atom. The monoisotopic (exact) mass is 278 g/mol. The summed E-state index contributed by atoms with van der Waals surface area (Å²) in [6.07, 6.45) is 6.19. The first-order valence-electron chi connectivity index (χ1n) is 7.81. The summed E-state index contributed by atoms with van der Waals surface area (Å²) in [4.78, 5) is 14.6. The van der Waals surface area contributed by atoms with E-state index in [-0.39, 0.29) is 11.8 Å². The second kappa shape index (κ2) is 7.48. The van der Waals surface area contributed by atoms with E-state index >= 15 is 0 Å². The number of nitrogens with two attached hydrogens (primary N) is 1. The zero-order valence-electron chi connectivity index (χ0n) is 12.4. The molecule has 0 bridgehead atoms. The van der Waals surface area contributed by atoms with E-state index in [2.05, 4.69) is 6.92 Å². The van der Waals surface area contributed by atoms with Crippen molar-refractivity contribution >= 4 is 5.91 Å². The van der Waals surface area contributed by atoms with Gasteiger partial charge in [0.15, 0.2) is 0 Å². The highest BCUT2D eigenvalue weighted by molar-refractivity contribution is 5.79. The maximum Gasteiger partial charge on any atom is 0.227 e. The highest BCUT2D eigenvalue weighted by Crippen LogP contribution is 2.17. The van der Waals surface area contributed by atoms with Crippen molar-refractivity contribution in [2.24, 2.45) is 11.7 Å². The summed E-state index contributed by atoms with van der Waals surface area (Å²) >= 11 is 0. The van der Waals surface area contributed by atoms with Gasteiger partial charge in [-0.3, -0.25) is 4.79 Å². The fraction of sp³-hybridized carbons (Fsp3) is 0.688. The van der Waals surface area contributed by atoms with Gasteiger partial charge in [0.05, 0.1) is 5.92 Å². The van der Waals surface area contributed by atoms with Crippen LogP contribution in [0, 0.1) is 5.92 Å². The number of hydrogen-bond donors (Lipinski definition) is 1. The Bertz CT molecular complexity index is 420. The number of carbonyl (C=O) groups excluding carboxylic acids is 1. The average molecular weight is 278 g/mol. The lowest BCUT2D eigenvalue weighted by Gasteiger charge is -2.25. The first kappa shape index (κ1) is 15.1. The van der Waals surface area contributed by atoms with Crippen LogP contribution in [0.1, 0.15) is 44.1 Å². The molecule has 1 unspecified atom stereocenters. The van der Waals surface area contributed by atoms with Crippen molar-refractivity contribution in [2.45, 2.75) is 45.4 Å². The lowest BCUT2D eigenvalue weighted by atomic mass is 10.0. The molecule has 1 aromatic heterocycles. The summed E-state index contributed by atoms with van der Waals surface area (Å²) < 4.78 is 5.70. The topological polar surface area (TPSA) is 59.5 Å². The molecule has 0 radical (unpaired) electrons. The van der Waals surface area contributed by atoms with Crippen LogP contribution in [-0.2, 0) is 17.6 Å². The van der Waals surface area contributed by atoms with Gasteiger partial charge in [-0.15, -0.1) is 0 Å². The number of likely N-dealkylation sites (tertiary alicyclic amines) is 1. The van der Waals surface area contributed by atoms with E-state index in [9.17, 15) is 4.79 Å². The first-order valence-corrected chi connectivity index (χ1v) is 7.81. The largest absolute Gasteiger partial charge is 0.466 e. The quantitative estimate of drug-likeness (QED) is 0.899. The minimum atomic E-state index is -0.149. The molecule has 2 N–H and O–H groups in total. The van der Waals surface area contributed by atoms with E-state index in [1.807, 2.05) is 17.0 Å². The first-order chi connectivity index (χ1) is 9.74. The highest BCUT2D eigenvalue weighted by Gasteiger charge is 2.25. The number of nitrogens with zero attached hydrogens (tertiary/aromatic N) is 1. The summed E-state index contributed by atoms with van der Waals surface area (Å²) in [6.45, 7) is 4.21. The third kappa shape index (κ3) is 3.85. The van der Waals surface area contributed by atoms with E-state index < -0.39 is 0 Å². The summed E-state index contributed by atoms with van der Waals surface area (Å²) in [5.41, 5.74) is 5.82. The van der Waals surface area contributed by atoms with Crippen LogP contribution in [0.2, 0.25) is 0 Å². The number of aryl methyl sites for hydroxylation is 1. The fourth-order valence-electron chi connectivity index (χ4n) is 2.79. The van der Waals surface area contributed by atoms with Crippen molar-refractivity contribution < 1.29 is 9.21 Å². The molecule has 0 aliphatic carbocycles. The minimum Gasteiger partial charge on any atom is -0.466 e. The van der Waals surface area contributed by atoms with Crippen LogP contribution in [0.15, 0.2) is 16.5 Å². The molecule has 1 aliphatic heterocycles. The third-order valence-electron chi connectivity index (χ3n) is 4.06. The van der Waals surface area contributed by atoms with Gasteiger partial charge in [0, 0.05) is 32.5 Å². The molecule has 1 aliphatic rings. The van der Waals surface area contributed by atoms with E-state index in [4.69, 9.17) is 10.2 Å². The molecule has 1 amide bonds. The molecule has 1 saturated heterocycles. The van der Waals surface area contributed by atoms with E-state index in [0.717, 1.165) is 43.9 Å². The van der Waals surface area contributed by atoms with Crippen molar-refractivity contribution in [3.63, 3.8) is 0 Å². The normalized spacial score (nSPS) is 17.8. The maximum atomic E-state index is 12.6. The summed E-state index contributed by atoms with van der Waals surface area (Å²) in [7, 11) is 0. The van der Waals surface area contributed by atoms with Crippen molar-refractivity contribution in [2.75, 3.05) is 19.6 Å². The second-order valence-electron chi connectivity index (χ2n) is 5.60. The Kier molecular flexibility index (Phi) is 5.65. The van der Waals surface area contributed by atoms with Gasteiger partial charge in [-0.05, 0) is 25.0 Å². The highest BCUT2D eigenvalue weighted by atomic mass is 16.3. The molecule has 0 aromatic carbocycles. The molecule has 1 atom stereocenters. The third-order valence-corrected chi connectivity index (χ3v) is 4.06. The van der Waals surface area contributed by atoms with Crippen LogP contribution in [0.4, 0.5) is 0 Å². The summed E-state index contributed by atoms with van der Waals surface area (Å²) in [6, 6.07) is 3.95. The Hall–Kier alpha value is -1.29. The van der Waals surface area contributed by atoms with Crippen molar-refractivity contribution in [3.05, 3.63) is 23.7 Å². The molecule has 0 saturated carbocycles. The van der Waals surface area contributed by atoms with Gasteiger partial charge in [-0.1, -0.05) is 19.8 Å². The van der Waals surface area contributed by atoms with Crippen LogP contribution < -0.4 is 5.73 Å². The van der Waals surface area contributed by atoms with Gasteiger partial charge in [-0.2, -0.15) is 0 Å². The predicted octanol–water partition coefficient (Wildman–Crippen LogP) is 2.36. The van der Waals surface area contributed by atoms with Crippen LogP contribution in [-0.4, -0.2) is 30.4 Å². The Morgan fingerprint density at radius 3 is 2.45 bits per heavy atom.